The molecule has 8 aromatic carbocycles. The Labute approximate surface area is 308 Å². The maximum atomic E-state index is 2.46. The molecule has 0 aliphatic heterocycles. The molecular formula is C50H35NS. The van der Waals surface area contributed by atoms with E-state index in [1.54, 1.807) is 0 Å². The van der Waals surface area contributed by atoms with Crippen molar-refractivity contribution in [3.8, 4) is 33.4 Å². The Hall–Kier alpha value is -6.22. The number of nitrogens with zero attached hydrogens (tertiary/aromatic N) is 1. The highest BCUT2D eigenvalue weighted by molar-refractivity contribution is 7.26. The summed E-state index contributed by atoms with van der Waals surface area (Å²) in [4.78, 5) is 2.44. The zero-order valence-electron chi connectivity index (χ0n) is 28.8. The van der Waals surface area contributed by atoms with E-state index in [0.29, 0.717) is 0 Å². The van der Waals surface area contributed by atoms with Crippen LogP contribution in [0.5, 0.6) is 0 Å². The molecule has 0 unspecified atom stereocenters. The average Bonchev–Trinajstić information content (AvgIpc) is 3.73. The van der Waals surface area contributed by atoms with Crippen LogP contribution in [0.15, 0.2) is 194 Å². The highest BCUT2D eigenvalue weighted by Gasteiger charge is 2.40. The molecule has 0 spiro atoms. The highest BCUT2D eigenvalue weighted by atomic mass is 32.1. The minimum atomic E-state index is -0.238. The standard InChI is InChI=1S/C50H35NS/c1-50(45-23-10-8-20-41(45)42-21-9-11-24-46(42)50)38-28-31-48-44(33-38)43-22-13-25-47(49(43)52-48)51(39-29-26-36(27-30-39)34-14-4-2-5-15-34)40-19-12-18-37(32-40)35-16-6-3-7-17-35/h2-33H,1H3. The van der Waals surface area contributed by atoms with Crippen molar-refractivity contribution < 1.29 is 0 Å². The zero-order valence-corrected chi connectivity index (χ0v) is 29.6. The van der Waals surface area contributed by atoms with Crippen molar-refractivity contribution in [1.29, 1.82) is 0 Å². The topological polar surface area (TPSA) is 3.24 Å². The van der Waals surface area contributed by atoms with Gasteiger partial charge in [-0.2, -0.15) is 0 Å². The number of hydrogen-bond acceptors (Lipinski definition) is 2. The van der Waals surface area contributed by atoms with E-state index in [1.165, 1.54) is 75.9 Å². The smallest absolute Gasteiger partial charge is 0.0640 e. The summed E-state index contributed by atoms with van der Waals surface area (Å²) in [5.41, 5.74) is 14.8. The van der Waals surface area contributed by atoms with Crippen molar-refractivity contribution in [3.05, 3.63) is 211 Å². The summed E-state index contributed by atoms with van der Waals surface area (Å²) in [6, 6.07) is 71.1. The van der Waals surface area contributed by atoms with Gasteiger partial charge in [0.2, 0.25) is 0 Å². The Kier molecular flexibility index (Phi) is 7.19. The molecule has 0 bridgehead atoms. The van der Waals surface area contributed by atoms with Gasteiger partial charge in [0.05, 0.1) is 10.4 Å². The third-order valence-corrected chi connectivity index (χ3v) is 12.2. The Morgan fingerprint density at radius 1 is 0.423 bits per heavy atom. The summed E-state index contributed by atoms with van der Waals surface area (Å²) in [5.74, 6) is 0. The van der Waals surface area contributed by atoms with E-state index >= 15 is 0 Å². The first-order valence-electron chi connectivity index (χ1n) is 17.9. The number of hydrogen-bond donors (Lipinski definition) is 0. The second-order valence-corrected chi connectivity index (χ2v) is 14.9. The summed E-state index contributed by atoms with van der Waals surface area (Å²) >= 11 is 1.89. The van der Waals surface area contributed by atoms with Crippen LogP contribution < -0.4 is 4.90 Å². The van der Waals surface area contributed by atoms with E-state index in [-0.39, 0.29) is 5.41 Å². The molecule has 0 atom stereocenters. The van der Waals surface area contributed by atoms with Crippen LogP contribution in [0.2, 0.25) is 0 Å². The van der Waals surface area contributed by atoms with Crippen molar-refractivity contribution in [2.24, 2.45) is 0 Å². The van der Waals surface area contributed by atoms with Gasteiger partial charge in [-0.05, 0) is 99.5 Å². The minimum absolute atomic E-state index is 0.238. The molecule has 2 heteroatoms. The quantitative estimate of drug-likeness (QED) is 0.169. The summed E-state index contributed by atoms with van der Waals surface area (Å²) in [5, 5.41) is 2.59. The number of anilines is 3. The molecule has 0 fully saturated rings. The van der Waals surface area contributed by atoms with Crippen LogP contribution in [-0.2, 0) is 5.41 Å². The molecule has 9 aromatic rings. The van der Waals surface area contributed by atoms with Gasteiger partial charge in [0.25, 0.3) is 0 Å². The van der Waals surface area contributed by atoms with Gasteiger partial charge in [-0.3, -0.25) is 0 Å². The fourth-order valence-electron chi connectivity index (χ4n) is 8.35. The molecule has 0 amide bonds. The molecule has 0 radical (unpaired) electrons. The lowest BCUT2D eigenvalue weighted by Crippen LogP contribution is -2.22. The Balaban J connectivity index is 1.15. The first-order valence-corrected chi connectivity index (χ1v) is 18.7. The van der Waals surface area contributed by atoms with Crippen molar-refractivity contribution in [2.75, 3.05) is 4.90 Å². The zero-order chi connectivity index (χ0) is 34.6. The molecule has 246 valence electrons. The Bertz CT molecular complexity index is 2700. The molecule has 52 heavy (non-hydrogen) atoms. The van der Waals surface area contributed by atoms with Crippen LogP contribution >= 0.6 is 11.3 Å². The lowest BCUT2D eigenvalue weighted by atomic mass is 9.74. The molecule has 1 aliphatic rings. The number of fused-ring (bicyclic) bond motifs is 6. The van der Waals surface area contributed by atoms with Crippen LogP contribution in [0.1, 0.15) is 23.6 Å². The van der Waals surface area contributed by atoms with Gasteiger partial charge in [0, 0.05) is 32.3 Å². The van der Waals surface area contributed by atoms with Gasteiger partial charge in [0.1, 0.15) is 0 Å². The van der Waals surface area contributed by atoms with Gasteiger partial charge in [-0.15, -0.1) is 11.3 Å². The predicted molar refractivity (Wildman–Crippen MR) is 222 cm³/mol. The van der Waals surface area contributed by atoms with Crippen molar-refractivity contribution in [3.63, 3.8) is 0 Å². The van der Waals surface area contributed by atoms with Crippen LogP contribution in [0.4, 0.5) is 17.1 Å². The molecule has 0 saturated carbocycles. The third kappa shape index (κ3) is 4.83. The molecule has 10 rings (SSSR count). The molecule has 1 aromatic heterocycles. The van der Waals surface area contributed by atoms with E-state index in [9.17, 15) is 0 Å². The SMILES string of the molecule is CC1(c2ccc3sc4c(N(c5ccc(-c6ccccc6)cc5)c5cccc(-c6ccccc6)c5)cccc4c3c2)c2ccccc2-c2ccccc21. The lowest BCUT2D eigenvalue weighted by molar-refractivity contribution is 0.715. The second kappa shape index (κ2) is 12.2. The largest absolute Gasteiger partial charge is 0.309 e. The summed E-state index contributed by atoms with van der Waals surface area (Å²) in [6.07, 6.45) is 0. The molecule has 1 heterocycles. The minimum Gasteiger partial charge on any atom is -0.309 e. The van der Waals surface area contributed by atoms with E-state index in [2.05, 4.69) is 206 Å². The molecule has 1 aliphatic carbocycles. The summed E-state index contributed by atoms with van der Waals surface area (Å²) < 4.78 is 2.58. The lowest BCUT2D eigenvalue weighted by Gasteiger charge is -2.28. The van der Waals surface area contributed by atoms with Crippen LogP contribution in [0, 0.1) is 0 Å². The summed E-state index contributed by atoms with van der Waals surface area (Å²) in [7, 11) is 0. The average molecular weight is 682 g/mol. The van der Waals surface area contributed by atoms with Gasteiger partial charge < -0.3 is 4.90 Å². The van der Waals surface area contributed by atoms with E-state index in [1.807, 2.05) is 11.3 Å². The maximum absolute atomic E-state index is 2.46. The van der Waals surface area contributed by atoms with Crippen molar-refractivity contribution in [2.45, 2.75) is 12.3 Å². The van der Waals surface area contributed by atoms with Gasteiger partial charge in [0.15, 0.2) is 0 Å². The maximum Gasteiger partial charge on any atom is 0.0640 e. The van der Waals surface area contributed by atoms with Gasteiger partial charge >= 0.3 is 0 Å². The first-order chi connectivity index (χ1) is 25.7. The fraction of sp³-hybridized carbons (Fsp3) is 0.0400. The van der Waals surface area contributed by atoms with E-state index in [0.717, 1.165) is 11.4 Å². The van der Waals surface area contributed by atoms with E-state index < -0.39 is 0 Å². The van der Waals surface area contributed by atoms with Crippen LogP contribution in [0.25, 0.3) is 53.6 Å². The summed E-state index contributed by atoms with van der Waals surface area (Å²) in [6.45, 7) is 2.40. The van der Waals surface area contributed by atoms with Crippen LogP contribution in [0.3, 0.4) is 0 Å². The number of benzene rings is 8. The van der Waals surface area contributed by atoms with Gasteiger partial charge in [-0.1, -0.05) is 152 Å². The highest BCUT2D eigenvalue weighted by Crippen LogP contribution is 2.53. The van der Waals surface area contributed by atoms with Gasteiger partial charge in [-0.25, -0.2) is 0 Å². The number of thiophene rings is 1. The third-order valence-electron chi connectivity index (χ3n) is 11.0. The van der Waals surface area contributed by atoms with Crippen molar-refractivity contribution >= 4 is 48.6 Å². The Morgan fingerprint density at radius 2 is 1.00 bits per heavy atom. The van der Waals surface area contributed by atoms with Crippen LogP contribution in [-0.4, -0.2) is 0 Å². The molecular weight excluding hydrogens is 647 g/mol. The van der Waals surface area contributed by atoms with Crippen molar-refractivity contribution in [1.82, 2.24) is 0 Å². The molecule has 0 N–H and O–H groups in total. The second-order valence-electron chi connectivity index (χ2n) is 13.8. The number of rotatable bonds is 6. The molecule has 0 saturated heterocycles. The predicted octanol–water partition coefficient (Wildman–Crippen LogP) is 14.2. The monoisotopic (exact) mass is 681 g/mol. The van der Waals surface area contributed by atoms with E-state index in [4.69, 9.17) is 0 Å². The first kappa shape index (κ1) is 30.6. The fourth-order valence-corrected chi connectivity index (χ4v) is 9.54. The Morgan fingerprint density at radius 3 is 1.69 bits per heavy atom. The normalized spacial score (nSPS) is 12.9. The molecule has 1 nitrogen and oxygen atoms in total.